The van der Waals surface area contributed by atoms with Crippen LogP contribution in [0.3, 0.4) is 0 Å². The molecule has 16 heavy (non-hydrogen) atoms. The average molecular weight is 229 g/mol. The van der Waals surface area contributed by atoms with Gasteiger partial charge in [-0.05, 0) is 33.2 Å². The highest BCUT2D eigenvalue weighted by Gasteiger charge is 2.28. The predicted molar refractivity (Wildman–Crippen MR) is 63.4 cm³/mol. The Morgan fingerprint density at radius 2 is 2.19 bits per heavy atom. The van der Waals surface area contributed by atoms with Crippen molar-refractivity contribution in [1.82, 2.24) is 15.5 Å². The fourth-order valence-electron chi connectivity index (χ4n) is 1.57. The Bertz CT molecular complexity index is 219. The Kier molecular flexibility index (Phi) is 5.55. The Hall–Kier alpha value is -0.810. The summed E-state index contributed by atoms with van der Waals surface area (Å²) in [7, 11) is 2.10. The highest BCUT2D eigenvalue weighted by molar-refractivity contribution is 5.73. The van der Waals surface area contributed by atoms with Crippen LogP contribution in [0.4, 0.5) is 4.79 Å². The van der Waals surface area contributed by atoms with E-state index >= 15 is 0 Å². The van der Waals surface area contributed by atoms with Gasteiger partial charge in [0.15, 0.2) is 0 Å². The van der Waals surface area contributed by atoms with E-state index in [4.69, 9.17) is 5.11 Å². The maximum absolute atomic E-state index is 11.3. The zero-order valence-electron chi connectivity index (χ0n) is 10.2. The van der Waals surface area contributed by atoms with Gasteiger partial charge in [0.1, 0.15) is 0 Å². The molecule has 1 atom stereocenters. The van der Waals surface area contributed by atoms with Gasteiger partial charge in [-0.15, -0.1) is 0 Å². The first-order valence-corrected chi connectivity index (χ1v) is 5.99. The van der Waals surface area contributed by atoms with Crippen molar-refractivity contribution in [1.29, 1.82) is 0 Å². The number of aliphatic hydroxyl groups excluding tert-OH is 1. The molecule has 0 saturated heterocycles. The van der Waals surface area contributed by atoms with Gasteiger partial charge in [-0.25, -0.2) is 4.79 Å². The number of hydrogen-bond acceptors (Lipinski definition) is 3. The van der Waals surface area contributed by atoms with Crippen LogP contribution in [0.1, 0.15) is 26.2 Å². The smallest absolute Gasteiger partial charge is 0.314 e. The monoisotopic (exact) mass is 229 g/mol. The average Bonchev–Trinajstić information content (AvgIpc) is 3.09. The highest BCUT2D eigenvalue weighted by atomic mass is 16.3. The molecule has 0 heterocycles. The third-order valence-electron chi connectivity index (χ3n) is 3.00. The summed E-state index contributed by atoms with van der Waals surface area (Å²) in [5.74, 6) is 0. The molecular weight excluding hydrogens is 206 g/mol. The van der Waals surface area contributed by atoms with Crippen LogP contribution in [0.5, 0.6) is 0 Å². The van der Waals surface area contributed by atoms with E-state index in [9.17, 15) is 4.79 Å². The number of urea groups is 1. The van der Waals surface area contributed by atoms with E-state index in [0.29, 0.717) is 31.6 Å². The summed E-state index contributed by atoms with van der Waals surface area (Å²) in [6.45, 7) is 3.42. The van der Waals surface area contributed by atoms with Crippen molar-refractivity contribution in [2.45, 2.75) is 38.3 Å². The summed E-state index contributed by atoms with van der Waals surface area (Å²) in [5.41, 5.74) is 0. The molecule has 3 N–H and O–H groups in total. The van der Waals surface area contributed by atoms with E-state index in [1.165, 1.54) is 12.8 Å². The Morgan fingerprint density at radius 1 is 1.50 bits per heavy atom. The van der Waals surface area contributed by atoms with Crippen LogP contribution in [0.25, 0.3) is 0 Å². The van der Waals surface area contributed by atoms with Crippen molar-refractivity contribution in [2.24, 2.45) is 0 Å². The molecule has 0 aromatic rings. The quantitative estimate of drug-likeness (QED) is 0.545. The van der Waals surface area contributed by atoms with Gasteiger partial charge < -0.3 is 15.7 Å². The Morgan fingerprint density at radius 3 is 2.75 bits per heavy atom. The van der Waals surface area contributed by atoms with Gasteiger partial charge in [0.2, 0.25) is 0 Å². The first-order chi connectivity index (χ1) is 7.65. The summed E-state index contributed by atoms with van der Waals surface area (Å²) >= 11 is 0. The molecule has 5 heteroatoms. The van der Waals surface area contributed by atoms with Crippen molar-refractivity contribution in [2.75, 3.05) is 26.7 Å². The molecule has 0 spiro atoms. The summed E-state index contributed by atoms with van der Waals surface area (Å²) in [4.78, 5) is 13.6. The minimum Gasteiger partial charge on any atom is -0.396 e. The highest BCUT2D eigenvalue weighted by Crippen LogP contribution is 2.26. The first-order valence-electron chi connectivity index (χ1n) is 5.99. The molecule has 0 aromatic carbocycles. The molecule has 1 aliphatic rings. The number of aliphatic hydroxyl groups is 1. The number of rotatable bonds is 7. The van der Waals surface area contributed by atoms with Crippen molar-refractivity contribution in [3.63, 3.8) is 0 Å². The fraction of sp³-hybridized carbons (Fsp3) is 0.909. The topological polar surface area (TPSA) is 64.6 Å². The Labute approximate surface area is 97.2 Å². The van der Waals surface area contributed by atoms with Gasteiger partial charge in [0.05, 0.1) is 0 Å². The van der Waals surface area contributed by atoms with Gasteiger partial charge in [0, 0.05) is 31.8 Å². The van der Waals surface area contributed by atoms with Crippen LogP contribution in [-0.4, -0.2) is 54.9 Å². The van der Waals surface area contributed by atoms with Crippen LogP contribution < -0.4 is 10.6 Å². The van der Waals surface area contributed by atoms with Crippen LogP contribution >= 0.6 is 0 Å². The molecule has 1 rings (SSSR count). The molecule has 1 saturated carbocycles. The van der Waals surface area contributed by atoms with Gasteiger partial charge in [0.25, 0.3) is 0 Å². The van der Waals surface area contributed by atoms with Crippen LogP contribution in [0, 0.1) is 0 Å². The third kappa shape index (κ3) is 4.81. The zero-order chi connectivity index (χ0) is 12.0. The van der Waals surface area contributed by atoms with E-state index in [1.54, 1.807) is 0 Å². The maximum atomic E-state index is 11.3. The molecule has 0 radical (unpaired) electrons. The largest absolute Gasteiger partial charge is 0.396 e. The summed E-state index contributed by atoms with van der Waals surface area (Å²) in [6, 6.07) is 0.940. The Balaban J connectivity index is 2.05. The number of nitrogens with zero attached hydrogens (tertiary/aromatic N) is 1. The lowest BCUT2D eigenvalue weighted by molar-refractivity contribution is 0.221. The molecule has 1 fully saturated rings. The second-order valence-electron chi connectivity index (χ2n) is 4.46. The van der Waals surface area contributed by atoms with Gasteiger partial charge in [-0.2, -0.15) is 0 Å². The standard InChI is InChI=1S/C11H23N3O2/c1-9(14(2)10-4-5-10)8-13-11(16)12-6-3-7-15/h9-10,15H,3-8H2,1-2H3,(H2,12,13,16). The lowest BCUT2D eigenvalue weighted by Gasteiger charge is -2.24. The molecule has 94 valence electrons. The van der Waals surface area contributed by atoms with E-state index in [-0.39, 0.29) is 12.6 Å². The molecule has 1 aliphatic carbocycles. The van der Waals surface area contributed by atoms with E-state index < -0.39 is 0 Å². The molecular formula is C11H23N3O2. The SMILES string of the molecule is CC(CNC(=O)NCCCO)N(C)C1CC1. The number of amides is 2. The lowest BCUT2D eigenvalue weighted by atomic mass is 10.3. The maximum Gasteiger partial charge on any atom is 0.314 e. The number of likely N-dealkylation sites (N-methyl/N-ethyl adjacent to an activating group) is 1. The van der Waals surface area contributed by atoms with Crippen LogP contribution in [0.15, 0.2) is 0 Å². The van der Waals surface area contributed by atoms with Gasteiger partial charge in [-0.1, -0.05) is 0 Å². The number of nitrogens with one attached hydrogen (secondary N) is 2. The lowest BCUT2D eigenvalue weighted by Crippen LogP contribution is -2.44. The predicted octanol–water partition coefficient (Wildman–Crippen LogP) is 0.151. The number of carbonyl (C=O) groups is 1. The van der Waals surface area contributed by atoms with Gasteiger partial charge >= 0.3 is 6.03 Å². The molecule has 0 bridgehead atoms. The molecule has 5 nitrogen and oxygen atoms in total. The van der Waals surface area contributed by atoms with Crippen LogP contribution in [0.2, 0.25) is 0 Å². The summed E-state index contributed by atoms with van der Waals surface area (Å²) in [6.07, 6.45) is 3.16. The number of hydrogen-bond donors (Lipinski definition) is 3. The first kappa shape index (κ1) is 13.3. The molecule has 0 aliphatic heterocycles. The number of carbonyl (C=O) groups excluding carboxylic acids is 1. The minimum absolute atomic E-state index is 0.112. The summed E-state index contributed by atoms with van der Waals surface area (Å²) in [5, 5.41) is 14.1. The van der Waals surface area contributed by atoms with Gasteiger partial charge in [-0.3, -0.25) is 4.90 Å². The normalized spacial score (nSPS) is 17.2. The van der Waals surface area contributed by atoms with E-state index in [0.717, 1.165) is 0 Å². The second kappa shape index (κ2) is 6.70. The van der Waals surface area contributed by atoms with Crippen molar-refractivity contribution in [3.8, 4) is 0 Å². The molecule has 2 amide bonds. The third-order valence-corrected chi connectivity index (χ3v) is 3.00. The van der Waals surface area contributed by atoms with Crippen molar-refractivity contribution in [3.05, 3.63) is 0 Å². The summed E-state index contributed by atoms with van der Waals surface area (Å²) < 4.78 is 0. The second-order valence-corrected chi connectivity index (χ2v) is 4.46. The molecule has 0 aromatic heterocycles. The van der Waals surface area contributed by atoms with E-state index in [1.807, 2.05) is 0 Å². The van der Waals surface area contributed by atoms with Crippen molar-refractivity contribution >= 4 is 6.03 Å². The van der Waals surface area contributed by atoms with Crippen LogP contribution in [-0.2, 0) is 0 Å². The molecule has 1 unspecified atom stereocenters. The zero-order valence-corrected chi connectivity index (χ0v) is 10.2. The minimum atomic E-state index is -0.149. The van der Waals surface area contributed by atoms with Crippen molar-refractivity contribution < 1.29 is 9.90 Å². The fourth-order valence-corrected chi connectivity index (χ4v) is 1.57. The van der Waals surface area contributed by atoms with E-state index in [2.05, 4.69) is 29.5 Å².